The van der Waals surface area contributed by atoms with Crippen molar-refractivity contribution in [2.45, 2.75) is 19.9 Å². The molecule has 0 saturated heterocycles. The lowest BCUT2D eigenvalue weighted by molar-refractivity contribution is 0.331. The highest BCUT2D eigenvalue weighted by atomic mass is 16.5. The van der Waals surface area contributed by atoms with Gasteiger partial charge in [-0.2, -0.15) is 0 Å². The van der Waals surface area contributed by atoms with Crippen LogP contribution >= 0.6 is 0 Å². The van der Waals surface area contributed by atoms with Crippen LogP contribution in [0.25, 0.3) is 0 Å². The normalized spacial score (nSPS) is 14.1. The molecule has 0 rings (SSSR count). The molecule has 0 aliphatic rings. The van der Waals surface area contributed by atoms with Gasteiger partial charge in [0, 0.05) is 6.04 Å². The van der Waals surface area contributed by atoms with Gasteiger partial charge in [-0.15, -0.1) is 0 Å². The van der Waals surface area contributed by atoms with Gasteiger partial charge < -0.3 is 10.1 Å². The summed E-state index contributed by atoms with van der Waals surface area (Å²) in [5.74, 6) is 0. The summed E-state index contributed by atoms with van der Waals surface area (Å²) in [5, 5.41) is 9.58. The van der Waals surface area contributed by atoms with Gasteiger partial charge >= 0.3 is 0 Å². The maximum atomic E-state index is 6.75. The van der Waals surface area contributed by atoms with E-state index in [1.165, 1.54) is 6.34 Å². The van der Waals surface area contributed by atoms with E-state index >= 15 is 0 Å². The van der Waals surface area contributed by atoms with Gasteiger partial charge in [-0.3, -0.25) is 5.41 Å². The predicted molar refractivity (Wildman–Crippen MR) is 42.1 cm³/mol. The minimum atomic E-state index is 0.178. The van der Waals surface area contributed by atoms with E-state index in [0.29, 0.717) is 0 Å². The molecule has 3 nitrogen and oxygen atoms in total. The maximum Gasteiger partial charge on any atom is 0.0834 e. The van der Waals surface area contributed by atoms with Crippen molar-refractivity contribution in [3.8, 4) is 0 Å². The molecule has 10 heavy (non-hydrogen) atoms. The Morgan fingerprint density at radius 2 is 2.30 bits per heavy atom. The average molecular weight is 142 g/mol. The van der Waals surface area contributed by atoms with Crippen LogP contribution in [0.2, 0.25) is 0 Å². The van der Waals surface area contributed by atoms with Crippen LogP contribution in [0.1, 0.15) is 13.8 Å². The summed E-state index contributed by atoms with van der Waals surface area (Å²) in [6.07, 6.45) is 2.85. The lowest BCUT2D eigenvalue weighted by atomic mass is 10.2. The van der Waals surface area contributed by atoms with Crippen LogP contribution in [-0.2, 0) is 4.74 Å². The zero-order valence-electron chi connectivity index (χ0n) is 6.64. The second kappa shape index (κ2) is 4.85. The van der Waals surface area contributed by atoms with Crippen molar-refractivity contribution in [1.82, 2.24) is 5.32 Å². The summed E-state index contributed by atoms with van der Waals surface area (Å²) in [6.45, 7) is 3.92. The van der Waals surface area contributed by atoms with Gasteiger partial charge in [0.2, 0.25) is 0 Å². The molecule has 0 amide bonds. The van der Waals surface area contributed by atoms with E-state index in [1.807, 2.05) is 13.8 Å². The number of ether oxygens (including phenoxy) is 1. The Morgan fingerprint density at radius 1 is 1.70 bits per heavy atom. The summed E-state index contributed by atoms with van der Waals surface area (Å²) >= 11 is 0. The summed E-state index contributed by atoms with van der Waals surface area (Å²) in [6, 6.07) is 0.178. The molecule has 0 aromatic heterocycles. The van der Waals surface area contributed by atoms with Crippen LogP contribution in [-0.4, -0.2) is 19.5 Å². The van der Waals surface area contributed by atoms with Gasteiger partial charge in [-0.25, -0.2) is 0 Å². The largest absolute Gasteiger partial charge is 0.504 e. The number of hydrogen-bond acceptors (Lipinski definition) is 2. The van der Waals surface area contributed by atoms with Crippen molar-refractivity contribution in [2.75, 3.05) is 7.11 Å². The van der Waals surface area contributed by atoms with E-state index in [-0.39, 0.29) is 6.04 Å². The third-order valence-corrected chi connectivity index (χ3v) is 1.32. The predicted octanol–water partition coefficient (Wildman–Crippen LogP) is 1.12. The van der Waals surface area contributed by atoms with Crippen molar-refractivity contribution >= 4 is 6.34 Å². The van der Waals surface area contributed by atoms with Crippen molar-refractivity contribution in [1.29, 1.82) is 5.41 Å². The van der Waals surface area contributed by atoms with Gasteiger partial charge in [0.05, 0.1) is 19.7 Å². The van der Waals surface area contributed by atoms with Crippen molar-refractivity contribution in [3.05, 3.63) is 11.8 Å². The molecule has 1 unspecified atom stereocenters. The molecule has 0 aliphatic carbocycles. The van der Waals surface area contributed by atoms with E-state index in [9.17, 15) is 0 Å². The van der Waals surface area contributed by atoms with Crippen molar-refractivity contribution in [3.63, 3.8) is 0 Å². The SMILES string of the molecule is CO/C=C(\C)C(C)NC=N. The molecule has 0 saturated carbocycles. The Balaban J connectivity index is 3.79. The first kappa shape index (κ1) is 9.01. The molecule has 1 atom stereocenters. The Kier molecular flexibility index (Phi) is 4.37. The smallest absolute Gasteiger partial charge is 0.0834 e. The minimum Gasteiger partial charge on any atom is -0.504 e. The van der Waals surface area contributed by atoms with Crippen LogP contribution in [0.5, 0.6) is 0 Å². The fourth-order valence-electron chi connectivity index (χ4n) is 0.544. The minimum absolute atomic E-state index is 0.178. The fourth-order valence-corrected chi connectivity index (χ4v) is 0.544. The summed E-state index contributed by atoms with van der Waals surface area (Å²) < 4.78 is 4.79. The van der Waals surface area contributed by atoms with Crippen LogP contribution < -0.4 is 5.32 Å². The van der Waals surface area contributed by atoms with E-state index in [1.54, 1.807) is 13.4 Å². The molecular weight excluding hydrogens is 128 g/mol. The zero-order chi connectivity index (χ0) is 7.98. The number of hydrogen-bond donors (Lipinski definition) is 2. The molecule has 0 spiro atoms. The molecule has 2 N–H and O–H groups in total. The highest BCUT2D eigenvalue weighted by Gasteiger charge is 1.99. The van der Waals surface area contributed by atoms with Crippen LogP contribution in [0, 0.1) is 5.41 Å². The van der Waals surface area contributed by atoms with Crippen molar-refractivity contribution < 1.29 is 4.74 Å². The molecule has 3 heteroatoms. The first-order valence-electron chi connectivity index (χ1n) is 3.16. The second-order valence-corrected chi connectivity index (χ2v) is 2.13. The van der Waals surface area contributed by atoms with E-state index in [0.717, 1.165) is 5.57 Å². The van der Waals surface area contributed by atoms with Gasteiger partial charge in [0.25, 0.3) is 0 Å². The van der Waals surface area contributed by atoms with E-state index in [2.05, 4.69) is 5.32 Å². The zero-order valence-corrected chi connectivity index (χ0v) is 6.64. The maximum absolute atomic E-state index is 6.75. The Morgan fingerprint density at radius 3 is 2.70 bits per heavy atom. The number of nitrogens with one attached hydrogen (secondary N) is 2. The standard InChI is InChI=1S/C7H14N2O/c1-6(4-10-3)7(2)9-5-8/h4-5,7H,1-3H3,(H2,8,9)/b6-4+. The monoisotopic (exact) mass is 142 g/mol. The molecule has 0 radical (unpaired) electrons. The fraction of sp³-hybridized carbons (Fsp3) is 0.571. The third kappa shape index (κ3) is 3.12. The highest BCUT2D eigenvalue weighted by Crippen LogP contribution is 1.98. The molecule has 58 valence electrons. The van der Waals surface area contributed by atoms with E-state index in [4.69, 9.17) is 10.1 Å². The van der Waals surface area contributed by atoms with Crippen LogP contribution in [0.3, 0.4) is 0 Å². The topological polar surface area (TPSA) is 45.1 Å². The molecular formula is C7H14N2O. The summed E-state index contributed by atoms with van der Waals surface area (Å²) in [7, 11) is 1.61. The van der Waals surface area contributed by atoms with Gasteiger partial charge in [-0.05, 0) is 19.4 Å². The number of rotatable bonds is 4. The first-order chi connectivity index (χ1) is 4.72. The van der Waals surface area contributed by atoms with Gasteiger partial charge in [-0.1, -0.05) is 0 Å². The Labute approximate surface area is 61.6 Å². The average Bonchev–Trinajstić information content (AvgIpc) is 1.89. The Hall–Kier alpha value is -0.990. The molecule has 0 bridgehead atoms. The third-order valence-electron chi connectivity index (χ3n) is 1.32. The molecule has 0 aliphatic heterocycles. The second-order valence-electron chi connectivity index (χ2n) is 2.13. The number of methoxy groups -OCH3 is 1. The summed E-state index contributed by atoms with van der Waals surface area (Å²) in [4.78, 5) is 0. The molecule has 0 aromatic rings. The lowest BCUT2D eigenvalue weighted by Crippen LogP contribution is -2.24. The first-order valence-corrected chi connectivity index (χ1v) is 3.16. The van der Waals surface area contributed by atoms with Crippen LogP contribution in [0.4, 0.5) is 0 Å². The Bertz CT molecular complexity index is 132. The lowest BCUT2D eigenvalue weighted by Gasteiger charge is -2.10. The molecule has 0 fully saturated rings. The van der Waals surface area contributed by atoms with Crippen LogP contribution in [0.15, 0.2) is 11.8 Å². The quantitative estimate of drug-likeness (QED) is 0.351. The highest BCUT2D eigenvalue weighted by molar-refractivity contribution is 5.51. The van der Waals surface area contributed by atoms with Gasteiger partial charge in [0.15, 0.2) is 0 Å². The van der Waals surface area contributed by atoms with Crippen molar-refractivity contribution in [2.24, 2.45) is 0 Å². The van der Waals surface area contributed by atoms with E-state index < -0.39 is 0 Å². The summed E-state index contributed by atoms with van der Waals surface area (Å²) in [5.41, 5.74) is 1.08. The molecule has 0 aromatic carbocycles. The molecule has 0 heterocycles. The van der Waals surface area contributed by atoms with Gasteiger partial charge in [0.1, 0.15) is 0 Å².